The number of amides is 2. The van der Waals surface area contributed by atoms with Gasteiger partial charge in [-0.15, -0.1) is 5.92 Å². The summed E-state index contributed by atoms with van der Waals surface area (Å²) in [6.45, 7) is 2.18. The molecule has 1 saturated heterocycles. The first-order chi connectivity index (χ1) is 8.70. The fourth-order valence-corrected chi connectivity index (χ4v) is 1.88. The maximum Gasteiger partial charge on any atom is 0.258 e. The Morgan fingerprint density at radius 1 is 1.33 bits per heavy atom. The van der Waals surface area contributed by atoms with Crippen LogP contribution in [0.4, 0.5) is 0 Å². The molecule has 1 aromatic carbocycles. The third kappa shape index (κ3) is 2.69. The van der Waals surface area contributed by atoms with Crippen LogP contribution in [-0.2, 0) is 16.1 Å². The Labute approximate surface area is 106 Å². The summed E-state index contributed by atoms with van der Waals surface area (Å²) in [7, 11) is 0. The van der Waals surface area contributed by atoms with E-state index in [0.29, 0.717) is 6.54 Å². The number of hydrogen-bond acceptors (Lipinski definition) is 2. The van der Waals surface area contributed by atoms with Crippen LogP contribution < -0.4 is 5.32 Å². The second-order valence-corrected chi connectivity index (χ2v) is 4.07. The molecule has 2 rings (SSSR count). The molecule has 0 aliphatic carbocycles. The number of hydrogen-bond donors (Lipinski definition) is 1. The lowest BCUT2D eigenvalue weighted by Gasteiger charge is -2.30. The first-order valence-electron chi connectivity index (χ1n) is 5.75. The Hall–Kier alpha value is -2.28. The van der Waals surface area contributed by atoms with Gasteiger partial charge in [-0.3, -0.25) is 9.59 Å². The third-order valence-corrected chi connectivity index (χ3v) is 2.70. The van der Waals surface area contributed by atoms with E-state index in [1.165, 1.54) is 4.90 Å². The smallest absolute Gasteiger partial charge is 0.258 e. The molecule has 1 heterocycles. The van der Waals surface area contributed by atoms with Crippen LogP contribution in [0.1, 0.15) is 12.5 Å². The number of carbonyl (C=O) groups excluding carboxylic acids is 2. The molecule has 0 spiro atoms. The van der Waals surface area contributed by atoms with Gasteiger partial charge >= 0.3 is 0 Å². The van der Waals surface area contributed by atoms with Crippen molar-refractivity contribution in [2.75, 3.05) is 6.54 Å². The van der Waals surface area contributed by atoms with Gasteiger partial charge in [0.15, 0.2) is 6.04 Å². The van der Waals surface area contributed by atoms with Crippen molar-refractivity contribution in [2.45, 2.75) is 19.5 Å². The predicted octanol–water partition coefficient (Wildman–Crippen LogP) is 0.537. The average molecular weight is 242 g/mol. The Morgan fingerprint density at radius 2 is 2.06 bits per heavy atom. The molecule has 0 aromatic heterocycles. The summed E-state index contributed by atoms with van der Waals surface area (Å²) in [6.07, 6.45) is 0. The molecule has 0 saturated carbocycles. The van der Waals surface area contributed by atoms with E-state index in [-0.39, 0.29) is 18.4 Å². The number of benzene rings is 1. The topological polar surface area (TPSA) is 49.4 Å². The molecule has 18 heavy (non-hydrogen) atoms. The minimum Gasteiger partial charge on any atom is -0.333 e. The molecule has 1 fully saturated rings. The number of carbonyl (C=O) groups is 2. The maximum atomic E-state index is 12.1. The molecule has 1 N–H and O–H groups in total. The lowest BCUT2D eigenvalue weighted by molar-refractivity contribution is -0.143. The summed E-state index contributed by atoms with van der Waals surface area (Å²) in [5.74, 6) is 5.05. The van der Waals surface area contributed by atoms with Crippen LogP contribution in [0.3, 0.4) is 0 Å². The van der Waals surface area contributed by atoms with Crippen LogP contribution >= 0.6 is 0 Å². The van der Waals surface area contributed by atoms with Gasteiger partial charge in [-0.2, -0.15) is 0 Å². The van der Waals surface area contributed by atoms with Crippen molar-refractivity contribution in [1.29, 1.82) is 0 Å². The standard InChI is InChI=1S/C14H14N2O2/c1-2-6-12-14(18)16(10-13(17)15-12)9-11-7-4-3-5-8-11/h3-5,7-8,12H,9-10H2,1H3,(H,15,17)/t12-/m0/s1. The van der Waals surface area contributed by atoms with Crippen LogP contribution in [-0.4, -0.2) is 29.3 Å². The molecule has 92 valence electrons. The lowest BCUT2D eigenvalue weighted by atomic mass is 10.1. The summed E-state index contributed by atoms with van der Waals surface area (Å²) in [5.41, 5.74) is 1.00. The highest BCUT2D eigenvalue weighted by molar-refractivity contribution is 5.96. The zero-order valence-electron chi connectivity index (χ0n) is 10.1. The molecule has 0 unspecified atom stereocenters. The first kappa shape index (κ1) is 12.2. The SMILES string of the molecule is CC#C[C@@H]1NC(=O)CN(Cc2ccccc2)C1=O. The Morgan fingerprint density at radius 3 is 2.72 bits per heavy atom. The Bertz CT molecular complexity index is 514. The highest BCUT2D eigenvalue weighted by atomic mass is 16.2. The van der Waals surface area contributed by atoms with Crippen molar-refractivity contribution in [3.63, 3.8) is 0 Å². The zero-order valence-corrected chi connectivity index (χ0v) is 10.1. The third-order valence-electron chi connectivity index (χ3n) is 2.70. The van der Waals surface area contributed by atoms with Crippen molar-refractivity contribution in [3.05, 3.63) is 35.9 Å². The molecule has 0 radical (unpaired) electrons. The van der Waals surface area contributed by atoms with Crippen LogP contribution in [0.2, 0.25) is 0 Å². The molecule has 4 nitrogen and oxygen atoms in total. The molecule has 4 heteroatoms. The van der Waals surface area contributed by atoms with Crippen LogP contribution in [0.5, 0.6) is 0 Å². The zero-order chi connectivity index (χ0) is 13.0. The lowest BCUT2D eigenvalue weighted by Crippen LogP contribution is -2.57. The van der Waals surface area contributed by atoms with Gasteiger partial charge in [0.1, 0.15) is 6.54 Å². The van der Waals surface area contributed by atoms with E-state index >= 15 is 0 Å². The van der Waals surface area contributed by atoms with Gasteiger partial charge < -0.3 is 10.2 Å². The second-order valence-electron chi connectivity index (χ2n) is 4.07. The largest absolute Gasteiger partial charge is 0.333 e. The van der Waals surface area contributed by atoms with Crippen molar-refractivity contribution in [2.24, 2.45) is 0 Å². The number of rotatable bonds is 2. The van der Waals surface area contributed by atoms with E-state index in [9.17, 15) is 9.59 Å². The van der Waals surface area contributed by atoms with E-state index in [2.05, 4.69) is 17.2 Å². The summed E-state index contributed by atoms with van der Waals surface area (Å²) in [4.78, 5) is 25.1. The molecule has 1 aromatic rings. The van der Waals surface area contributed by atoms with Gasteiger partial charge in [-0.1, -0.05) is 36.3 Å². The normalized spacial score (nSPS) is 18.9. The number of nitrogens with one attached hydrogen (secondary N) is 1. The second kappa shape index (κ2) is 5.37. The fraction of sp³-hybridized carbons (Fsp3) is 0.286. The molecule has 2 amide bonds. The van der Waals surface area contributed by atoms with E-state index in [1.807, 2.05) is 30.3 Å². The van der Waals surface area contributed by atoms with Gasteiger partial charge in [0, 0.05) is 6.54 Å². The maximum absolute atomic E-state index is 12.1. The number of nitrogens with zero attached hydrogens (tertiary/aromatic N) is 1. The summed E-state index contributed by atoms with van der Waals surface area (Å²) in [5, 5.41) is 2.58. The highest BCUT2D eigenvalue weighted by Gasteiger charge is 2.31. The van der Waals surface area contributed by atoms with Gasteiger partial charge in [0.05, 0.1) is 0 Å². The quantitative estimate of drug-likeness (QED) is 0.769. The van der Waals surface area contributed by atoms with Crippen molar-refractivity contribution < 1.29 is 9.59 Å². The molecule has 1 atom stereocenters. The first-order valence-corrected chi connectivity index (χ1v) is 5.75. The van der Waals surface area contributed by atoms with Crippen molar-refractivity contribution in [3.8, 4) is 11.8 Å². The minimum atomic E-state index is -0.708. The monoisotopic (exact) mass is 242 g/mol. The minimum absolute atomic E-state index is 0.0929. The van der Waals surface area contributed by atoms with Gasteiger partial charge in [-0.05, 0) is 12.5 Å². The molecule has 1 aliphatic rings. The van der Waals surface area contributed by atoms with Gasteiger partial charge in [-0.25, -0.2) is 0 Å². The van der Waals surface area contributed by atoms with Crippen molar-refractivity contribution >= 4 is 11.8 Å². The predicted molar refractivity (Wildman–Crippen MR) is 67.2 cm³/mol. The van der Waals surface area contributed by atoms with Crippen LogP contribution in [0.25, 0.3) is 0 Å². The molecule has 0 bridgehead atoms. The van der Waals surface area contributed by atoms with Crippen LogP contribution in [0, 0.1) is 11.8 Å². The average Bonchev–Trinajstić information content (AvgIpc) is 2.36. The van der Waals surface area contributed by atoms with E-state index in [4.69, 9.17) is 0 Å². The van der Waals surface area contributed by atoms with E-state index < -0.39 is 6.04 Å². The molecular weight excluding hydrogens is 228 g/mol. The summed E-state index contributed by atoms with van der Waals surface area (Å²) >= 11 is 0. The van der Waals surface area contributed by atoms with Crippen molar-refractivity contribution in [1.82, 2.24) is 10.2 Å². The molecular formula is C14H14N2O2. The highest BCUT2D eigenvalue weighted by Crippen LogP contribution is 2.09. The summed E-state index contributed by atoms with van der Waals surface area (Å²) in [6, 6.07) is 8.89. The fourth-order valence-electron chi connectivity index (χ4n) is 1.88. The Kier molecular flexibility index (Phi) is 3.63. The van der Waals surface area contributed by atoms with Gasteiger partial charge in [0.25, 0.3) is 5.91 Å². The van der Waals surface area contributed by atoms with Gasteiger partial charge in [0.2, 0.25) is 5.91 Å². The van der Waals surface area contributed by atoms with Crippen LogP contribution in [0.15, 0.2) is 30.3 Å². The Balaban J connectivity index is 2.13. The van der Waals surface area contributed by atoms with E-state index in [0.717, 1.165) is 5.56 Å². The summed E-state index contributed by atoms with van der Waals surface area (Å²) < 4.78 is 0. The molecule has 1 aliphatic heterocycles. The number of piperazine rings is 1. The van der Waals surface area contributed by atoms with E-state index in [1.54, 1.807) is 6.92 Å².